The molecule has 2 heterocycles. The maximum Gasteiger partial charge on any atom is 0.309 e. The Bertz CT molecular complexity index is 1010. The molecule has 1 aromatic heterocycles. The van der Waals surface area contributed by atoms with Gasteiger partial charge in [0.2, 0.25) is 15.9 Å². The molecule has 1 atom stereocenters. The Kier molecular flexibility index (Phi) is 5.96. The van der Waals surface area contributed by atoms with Crippen LogP contribution in [0.2, 0.25) is 0 Å². The maximum absolute atomic E-state index is 12.6. The van der Waals surface area contributed by atoms with Gasteiger partial charge in [0, 0.05) is 18.8 Å². The number of carbonyl (C=O) groups is 1. The highest BCUT2D eigenvalue weighted by Crippen LogP contribution is 2.21. The highest BCUT2D eigenvalue weighted by molar-refractivity contribution is 7.89. The number of nitrogens with zero attached hydrogens (tertiary/aromatic N) is 4. The summed E-state index contributed by atoms with van der Waals surface area (Å²) in [6, 6.07) is 5.05. The molecule has 0 spiro atoms. The first-order chi connectivity index (χ1) is 13.7. The number of aryl methyl sites for hydroxylation is 1. The predicted molar refractivity (Wildman–Crippen MR) is 103 cm³/mol. The minimum Gasteiger partial charge on any atom is -0.379 e. The van der Waals surface area contributed by atoms with E-state index in [0.29, 0.717) is 32.0 Å². The molecule has 1 aromatic carbocycles. The number of benzene rings is 1. The number of morpholine rings is 1. The van der Waals surface area contributed by atoms with Crippen LogP contribution in [-0.4, -0.2) is 59.6 Å². The quantitative estimate of drug-likeness (QED) is 0.546. The lowest BCUT2D eigenvalue weighted by Gasteiger charge is -2.26. The van der Waals surface area contributed by atoms with Crippen LogP contribution in [0.25, 0.3) is 0 Å². The van der Waals surface area contributed by atoms with Crippen LogP contribution in [0.1, 0.15) is 18.7 Å². The summed E-state index contributed by atoms with van der Waals surface area (Å²) in [4.78, 5) is 23.0. The number of amides is 1. The number of aromatic nitrogens is 2. The number of carbonyl (C=O) groups excluding carboxylic acids is 1. The summed E-state index contributed by atoms with van der Waals surface area (Å²) in [6.45, 7) is 4.36. The zero-order valence-corrected chi connectivity index (χ0v) is 16.8. The Balaban J connectivity index is 1.69. The van der Waals surface area contributed by atoms with Crippen LogP contribution in [0.3, 0.4) is 0 Å². The summed E-state index contributed by atoms with van der Waals surface area (Å²) < 4.78 is 33.0. The van der Waals surface area contributed by atoms with Gasteiger partial charge in [-0.15, -0.1) is 0 Å². The number of anilines is 1. The molecule has 1 amide bonds. The smallest absolute Gasteiger partial charge is 0.309 e. The van der Waals surface area contributed by atoms with Gasteiger partial charge in [0.25, 0.3) is 0 Å². The van der Waals surface area contributed by atoms with Crippen LogP contribution in [0.15, 0.2) is 35.4 Å². The molecule has 1 fully saturated rings. The SMILES string of the molecule is Cc1nn(C(C)C(=O)Nc2ccc(S(=O)(=O)N3CCOCC3)cc2)cc1[N+](=O)[O-]. The van der Waals surface area contributed by atoms with E-state index in [1.165, 1.54) is 46.4 Å². The van der Waals surface area contributed by atoms with E-state index in [4.69, 9.17) is 4.74 Å². The van der Waals surface area contributed by atoms with E-state index in [1.54, 1.807) is 6.92 Å². The Hall–Kier alpha value is -2.83. The van der Waals surface area contributed by atoms with Gasteiger partial charge >= 0.3 is 5.69 Å². The molecule has 29 heavy (non-hydrogen) atoms. The average molecular weight is 423 g/mol. The van der Waals surface area contributed by atoms with Crippen molar-refractivity contribution in [3.8, 4) is 0 Å². The van der Waals surface area contributed by atoms with Crippen molar-refractivity contribution in [2.45, 2.75) is 24.8 Å². The van der Waals surface area contributed by atoms with E-state index in [1.807, 2.05) is 0 Å². The van der Waals surface area contributed by atoms with Crippen LogP contribution < -0.4 is 5.32 Å². The van der Waals surface area contributed by atoms with Crippen molar-refractivity contribution >= 4 is 27.3 Å². The second-order valence-corrected chi connectivity index (χ2v) is 8.48. The van der Waals surface area contributed by atoms with Gasteiger partial charge in [-0.2, -0.15) is 9.40 Å². The monoisotopic (exact) mass is 423 g/mol. The molecule has 1 aliphatic rings. The molecule has 1 saturated heterocycles. The van der Waals surface area contributed by atoms with E-state index < -0.39 is 26.9 Å². The Morgan fingerprint density at radius 2 is 1.90 bits per heavy atom. The molecule has 156 valence electrons. The summed E-state index contributed by atoms with van der Waals surface area (Å²) in [7, 11) is -3.61. The van der Waals surface area contributed by atoms with Crippen molar-refractivity contribution in [3.63, 3.8) is 0 Å². The Labute approximate surface area is 167 Å². The number of nitro groups is 1. The van der Waals surface area contributed by atoms with Crippen LogP contribution in [0.5, 0.6) is 0 Å². The minimum absolute atomic E-state index is 0.128. The van der Waals surface area contributed by atoms with Gasteiger partial charge in [-0.25, -0.2) is 8.42 Å². The molecule has 0 radical (unpaired) electrons. The zero-order valence-electron chi connectivity index (χ0n) is 15.9. The van der Waals surface area contributed by atoms with E-state index in [2.05, 4.69) is 10.4 Å². The van der Waals surface area contributed by atoms with Crippen LogP contribution in [0, 0.1) is 17.0 Å². The average Bonchev–Trinajstić information content (AvgIpc) is 3.10. The molecular formula is C17H21N5O6S. The van der Waals surface area contributed by atoms with Crippen LogP contribution in [-0.2, 0) is 19.6 Å². The summed E-state index contributed by atoms with van der Waals surface area (Å²) in [5.74, 6) is -0.439. The summed E-state index contributed by atoms with van der Waals surface area (Å²) in [5, 5.41) is 17.6. The fourth-order valence-corrected chi connectivity index (χ4v) is 4.27. The van der Waals surface area contributed by atoms with Gasteiger partial charge in [0.1, 0.15) is 17.9 Å². The molecule has 1 N–H and O–H groups in total. The fraction of sp³-hybridized carbons (Fsp3) is 0.412. The lowest BCUT2D eigenvalue weighted by molar-refractivity contribution is -0.385. The minimum atomic E-state index is -3.61. The molecule has 1 aliphatic heterocycles. The summed E-state index contributed by atoms with van der Waals surface area (Å²) in [6.07, 6.45) is 1.21. The van der Waals surface area contributed by atoms with Crippen LogP contribution in [0.4, 0.5) is 11.4 Å². The van der Waals surface area contributed by atoms with Crippen LogP contribution >= 0.6 is 0 Å². The first kappa shape index (κ1) is 20.9. The lowest BCUT2D eigenvalue weighted by atomic mass is 10.2. The van der Waals surface area contributed by atoms with E-state index in [0.717, 1.165) is 0 Å². The van der Waals surface area contributed by atoms with Crippen molar-refractivity contribution < 1.29 is 22.9 Å². The third-order valence-electron chi connectivity index (χ3n) is 4.59. The largest absolute Gasteiger partial charge is 0.379 e. The van der Waals surface area contributed by atoms with E-state index >= 15 is 0 Å². The van der Waals surface area contributed by atoms with Gasteiger partial charge in [-0.05, 0) is 38.1 Å². The molecule has 0 saturated carbocycles. The molecule has 1 unspecified atom stereocenters. The molecule has 12 heteroatoms. The van der Waals surface area contributed by atoms with Gasteiger partial charge in [0.05, 0.1) is 23.0 Å². The molecule has 0 aliphatic carbocycles. The van der Waals surface area contributed by atoms with Crippen molar-refractivity contribution in [1.29, 1.82) is 0 Å². The number of ether oxygens (including phenoxy) is 1. The number of sulfonamides is 1. The molecular weight excluding hydrogens is 402 g/mol. The third kappa shape index (κ3) is 4.44. The summed E-state index contributed by atoms with van der Waals surface area (Å²) >= 11 is 0. The second kappa shape index (κ2) is 8.27. The van der Waals surface area contributed by atoms with Gasteiger partial charge in [-0.3, -0.25) is 19.6 Å². The van der Waals surface area contributed by atoms with E-state index in [9.17, 15) is 23.3 Å². The van der Waals surface area contributed by atoms with E-state index in [-0.39, 0.29) is 16.3 Å². The number of hydrogen-bond acceptors (Lipinski definition) is 7. The molecule has 0 bridgehead atoms. The molecule has 11 nitrogen and oxygen atoms in total. The summed E-state index contributed by atoms with van der Waals surface area (Å²) in [5.41, 5.74) is 0.454. The van der Waals surface area contributed by atoms with Crippen molar-refractivity contribution in [2.75, 3.05) is 31.6 Å². The highest BCUT2D eigenvalue weighted by Gasteiger charge is 2.26. The highest BCUT2D eigenvalue weighted by atomic mass is 32.2. The topological polar surface area (TPSA) is 137 Å². The van der Waals surface area contributed by atoms with Gasteiger partial charge in [0.15, 0.2) is 0 Å². The molecule has 2 aromatic rings. The Morgan fingerprint density at radius 3 is 2.45 bits per heavy atom. The van der Waals surface area contributed by atoms with Crippen molar-refractivity contribution in [1.82, 2.24) is 14.1 Å². The third-order valence-corrected chi connectivity index (χ3v) is 6.51. The zero-order chi connectivity index (χ0) is 21.2. The number of rotatable bonds is 6. The first-order valence-electron chi connectivity index (χ1n) is 8.89. The normalized spacial score (nSPS) is 16.3. The fourth-order valence-electron chi connectivity index (χ4n) is 2.86. The molecule has 3 rings (SSSR count). The van der Waals surface area contributed by atoms with Crippen molar-refractivity contribution in [2.24, 2.45) is 0 Å². The van der Waals surface area contributed by atoms with Gasteiger partial charge < -0.3 is 10.1 Å². The first-order valence-corrected chi connectivity index (χ1v) is 10.3. The standard InChI is InChI=1S/C17H21N5O6S/c1-12-16(22(24)25)11-21(19-12)13(2)17(23)18-14-3-5-15(6-4-14)29(26,27)20-7-9-28-10-8-20/h3-6,11,13H,7-10H2,1-2H3,(H,18,23). The number of nitrogens with one attached hydrogen (secondary N) is 1. The predicted octanol–water partition coefficient (Wildman–Crippen LogP) is 1.32. The maximum atomic E-state index is 12.6. The lowest BCUT2D eigenvalue weighted by Crippen LogP contribution is -2.40. The van der Waals surface area contributed by atoms with Crippen molar-refractivity contribution in [3.05, 3.63) is 46.3 Å². The second-order valence-electron chi connectivity index (χ2n) is 6.54. The van der Waals surface area contributed by atoms with Gasteiger partial charge in [-0.1, -0.05) is 0 Å². The number of hydrogen-bond donors (Lipinski definition) is 1. The Morgan fingerprint density at radius 1 is 1.28 bits per heavy atom.